The second-order valence-corrected chi connectivity index (χ2v) is 3.18. The van der Waals surface area contributed by atoms with Crippen molar-refractivity contribution in [1.82, 2.24) is 0 Å². The topological polar surface area (TPSA) is 63.6 Å². The molecule has 1 N–H and O–H groups in total. The van der Waals surface area contributed by atoms with E-state index in [9.17, 15) is 9.59 Å². The summed E-state index contributed by atoms with van der Waals surface area (Å²) < 4.78 is 4.58. The predicted molar refractivity (Wildman–Crippen MR) is 53.8 cm³/mol. The second-order valence-electron chi connectivity index (χ2n) is 3.18. The third kappa shape index (κ3) is 2.56. The Labute approximate surface area is 87.5 Å². The van der Waals surface area contributed by atoms with Crippen LogP contribution in [0.1, 0.15) is 28.8 Å². The Balaban J connectivity index is 3.00. The van der Waals surface area contributed by atoms with E-state index in [0.29, 0.717) is 5.56 Å². The molecule has 0 aromatic heterocycles. The molecule has 0 aliphatic carbocycles. The average molecular weight is 208 g/mol. The molecule has 80 valence electrons. The van der Waals surface area contributed by atoms with Gasteiger partial charge in [0.25, 0.3) is 0 Å². The molecule has 0 unspecified atom stereocenters. The van der Waals surface area contributed by atoms with Crippen molar-refractivity contribution in [3.8, 4) is 0 Å². The SMILES string of the molecule is COC(=O)[C@H](C)c1cccc(C(=O)O)c1. The van der Waals surface area contributed by atoms with E-state index in [0.717, 1.165) is 0 Å². The first-order valence-electron chi connectivity index (χ1n) is 4.47. The minimum atomic E-state index is -1.01. The van der Waals surface area contributed by atoms with Crippen LogP contribution in [0.4, 0.5) is 0 Å². The van der Waals surface area contributed by atoms with Crippen molar-refractivity contribution in [2.45, 2.75) is 12.8 Å². The fourth-order valence-corrected chi connectivity index (χ4v) is 1.25. The summed E-state index contributed by atoms with van der Waals surface area (Å²) >= 11 is 0. The maximum absolute atomic E-state index is 11.2. The van der Waals surface area contributed by atoms with Crippen LogP contribution in [0.15, 0.2) is 24.3 Å². The number of methoxy groups -OCH3 is 1. The van der Waals surface area contributed by atoms with Gasteiger partial charge in [-0.1, -0.05) is 12.1 Å². The number of carbonyl (C=O) groups excluding carboxylic acids is 1. The van der Waals surface area contributed by atoms with E-state index in [1.807, 2.05) is 0 Å². The number of carboxylic acid groups (broad SMARTS) is 1. The Kier molecular flexibility index (Phi) is 3.44. The Bertz CT molecular complexity index is 384. The monoisotopic (exact) mass is 208 g/mol. The number of hydrogen-bond donors (Lipinski definition) is 1. The predicted octanol–water partition coefficient (Wildman–Crippen LogP) is 1.66. The number of carbonyl (C=O) groups is 2. The Morgan fingerprint density at radius 2 is 2.07 bits per heavy atom. The normalized spacial score (nSPS) is 11.9. The number of benzene rings is 1. The lowest BCUT2D eigenvalue weighted by atomic mass is 9.99. The summed E-state index contributed by atoms with van der Waals surface area (Å²) in [5.74, 6) is -1.83. The van der Waals surface area contributed by atoms with Gasteiger partial charge in [-0.05, 0) is 24.6 Å². The Morgan fingerprint density at radius 1 is 1.40 bits per heavy atom. The van der Waals surface area contributed by atoms with Gasteiger partial charge in [-0.25, -0.2) is 4.79 Å². The molecule has 0 aliphatic heterocycles. The van der Waals surface area contributed by atoms with Gasteiger partial charge in [0.15, 0.2) is 0 Å². The standard InChI is InChI=1S/C11H12O4/c1-7(11(14)15-2)8-4-3-5-9(6-8)10(12)13/h3-7H,1-2H3,(H,12,13)/t7-/m1/s1. The van der Waals surface area contributed by atoms with Gasteiger partial charge >= 0.3 is 11.9 Å². The molecule has 0 bridgehead atoms. The molecule has 0 spiro atoms. The number of aromatic carboxylic acids is 1. The molecule has 15 heavy (non-hydrogen) atoms. The maximum Gasteiger partial charge on any atom is 0.335 e. The van der Waals surface area contributed by atoms with Gasteiger partial charge in [0.2, 0.25) is 0 Å². The summed E-state index contributed by atoms with van der Waals surface area (Å²) in [7, 11) is 1.31. The van der Waals surface area contributed by atoms with Gasteiger partial charge in [0.05, 0.1) is 18.6 Å². The van der Waals surface area contributed by atoms with Crippen LogP contribution in [0.25, 0.3) is 0 Å². The second kappa shape index (κ2) is 4.59. The summed E-state index contributed by atoms with van der Waals surface area (Å²) in [5.41, 5.74) is 0.810. The van der Waals surface area contributed by atoms with Crippen LogP contribution in [0.3, 0.4) is 0 Å². The molecular formula is C11H12O4. The number of hydrogen-bond acceptors (Lipinski definition) is 3. The summed E-state index contributed by atoms with van der Waals surface area (Å²) in [6.45, 7) is 1.67. The zero-order valence-corrected chi connectivity index (χ0v) is 8.56. The zero-order chi connectivity index (χ0) is 11.4. The van der Waals surface area contributed by atoms with Crippen LogP contribution < -0.4 is 0 Å². The molecule has 0 saturated heterocycles. The molecule has 4 heteroatoms. The van der Waals surface area contributed by atoms with Crippen molar-refractivity contribution in [3.05, 3.63) is 35.4 Å². The van der Waals surface area contributed by atoms with Crippen LogP contribution in [0.5, 0.6) is 0 Å². The van der Waals surface area contributed by atoms with E-state index >= 15 is 0 Å². The number of rotatable bonds is 3. The molecule has 4 nitrogen and oxygen atoms in total. The summed E-state index contributed by atoms with van der Waals surface area (Å²) in [4.78, 5) is 21.9. The van der Waals surface area contributed by atoms with E-state index in [4.69, 9.17) is 5.11 Å². The van der Waals surface area contributed by atoms with Crippen molar-refractivity contribution in [2.24, 2.45) is 0 Å². The lowest BCUT2D eigenvalue weighted by Gasteiger charge is -2.09. The molecule has 1 atom stereocenters. The van der Waals surface area contributed by atoms with Crippen LogP contribution >= 0.6 is 0 Å². The van der Waals surface area contributed by atoms with Crippen molar-refractivity contribution < 1.29 is 19.4 Å². The number of ether oxygens (including phenoxy) is 1. The molecule has 1 rings (SSSR count). The lowest BCUT2D eigenvalue weighted by molar-refractivity contribution is -0.142. The first kappa shape index (κ1) is 11.2. The van der Waals surface area contributed by atoms with E-state index in [1.165, 1.54) is 19.2 Å². The van der Waals surface area contributed by atoms with Crippen LogP contribution in [-0.2, 0) is 9.53 Å². The maximum atomic E-state index is 11.2. The largest absolute Gasteiger partial charge is 0.478 e. The summed E-state index contributed by atoms with van der Waals surface area (Å²) in [5, 5.41) is 8.77. The molecule has 0 aliphatic rings. The third-order valence-corrected chi connectivity index (χ3v) is 2.19. The lowest BCUT2D eigenvalue weighted by Crippen LogP contribution is -2.11. The van der Waals surface area contributed by atoms with Crippen LogP contribution in [0.2, 0.25) is 0 Å². The van der Waals surface area contributed by atoms with E-state index in [1.54, 1.807) is 19.1 Å². The van der Waals surface area contributed by atoms with Crippen molar-refractivity contribution in [2.75, 3.05) is 7.11 Å². The third-order valence-electron chi connectivity index (χ3n) is 2.19. The molecule has 1 aromatic rings. The molecule has 0 amide bonds. The van der Waals surface area contributed by atoms with Gasteiger partial charge in [-0.15, -0.1) is 0 Å². The van der Waals surface area contributed by atoms with Gasteiger partial charge < -0.3 is 9.84 Å². The van der Waals surface area contributed by atoms with E-state index < -0.39 is 11.9 Å². The average Bonchev–Trinajstić information content (AvgIpc) is 2.27. The minimum Gasteiger partial charge on any atom is -0.478 e. The van der Waals surface area contributed by atoms with Crippen molar-refractivity contribution in [1.29, 1.82) is 0 Å². The van der Waals surface area contributed by atoms with Gasteiger partial charge in [0.1, 0.15) is 0 Å². The minimum absolute atomic E-state index is 0.170. The first-order chi connectivity index (χ1) is 7.06. The zero-order valence-electron chi connectivity index (χ0n) is 8.56. The smallest absolute Gasteiger partial charge is 0.335 e. The fourth-order valence-electron chi connectivity index (χ4n) is 1.25. The number of carboxylic acids is 1. The fraction of sp³-hybridized carbons (Fsp3) is 0.273. The highest BCUT2D eigenvalue weighted by Crippen LogP contribution is 2.17. The summed E-state index contributed by atoms with van der Waals surface area (Å²) in [6, 6.07) is 6.27. The highest BCUT2D eigenvalue weighted by molar-refractivity contribution is 5.88. The first-order valence-corrected chi connectivity index (χ1v) is 4.47. The van der Waals surface area contributed by atoms with Crippen molar-refractivity contribution in [3.63, 3.8) is 0 Å². The number of esters is 1. The molecule has 0 saturated carbocycles. The molecule has 0 radical (unpaired) electrons. The van der Waals surface area contributed by atoms with Gasteiger partial charge in [-0.2, -0.15) is 0 Å². The van der Waals surface area contributed by atoms with Crippen LogP contribution in [-0.4, -0.2) is 24.2 Å². The Hall–Kier alpha value is -1.84. The molecule has 1 aromatic carbocycles. The molecular weight excluding hydrogens is 196 g/mol. The quantitative estimate of drug-likeness (QED) is 0.767. The molecule has 0 heterocycles. The highest BCUT2D eigenvalue weighted by atomic mass is 16.5. The van der Waals surface area contributed by atoms with E-state index in [-0.39, 0.29) is 11.5 Å². The van der Waals surface area contributed by atoms with Gasteiger partial charge in [-0.3, -0.25) is 4.79 Å². The molecule has 0 fully saturated rings. The van der Waals surface area contributed by atoms with Gasteiger partial charge in [0, 0.05) is 0 Å². The highest BCUT2D eigenvalue weighted by Gasteiger charge is 2.16. The van der Waals surface area contributed by atoms with E-state index in [2.05, 4.69) is 4.74 Å². The van der Waals surface area contributed by atoms with Crippen molar-refractivity contribution >= 4 is 11.9 Å². The Morgan fingerprint density at radius 3 is 2.60 bits per heavy atom. The summed E-state index contributed by atoms with van der Waals surface area (Å²) in [6.07, 6.45) is 0. The van der Waals surface area contributed by atoms with Crippen LogP contribution in [0, 0.1) is 0 Å².